The molecule has 0 radical (unpaired) electrons. The second-order valence-corrected chi connectivity index (χ2v) is 8.56. The van der Waals surface area contributed by atoms with E-state index in [1.165, 1.54) is 23.9 Å². The summed E-state index contributed by atoms with van der Waals surface area (Å²) in [5, 5.41) is 16.3. The zero-order valence-electron chi connectivity index (χ0n) is 12.4. The Morgan fingerprint density at radius 2 is 1.87 bits per heavy atom. The van der Waals surface area contributed by atoms with Gasteiger partial charge in [-0.1, -0.05) is 41.8 Å². The molecule has 2 heterocycles. The first kappa shape index (κ1) is 16.4. The first-order valence-corrected chi connectivity index (χ1v) is 9.56. The van der Waals surface area contributed by atoms with E-state index in [2.05, 4.69) is 27.3 Å². The molecule has 1 aromatic carbocycles. The summed E-state index contributed by atoms with van der Waals surface area (Å²) in [7, 11) is 0. The largest absolute Gasteiger partial charge is 0.419 e. The number of thioether (sulfide) groups is 2. The van der Waals surface area contributed by atoms with Crippen molar-refractivity contribution in [2.24, 2.45) is 0 Å². The second kappa shape index (κ2) is 7.41. The molecule has 0 aliphatic rings. The molecule has 0 bridgehead atoms. The summed E-state index contributed by atoms with van der Waals surface area (Å²) >= 11 is 4.76. The van der Waals surface area contributed by atoms with E-state index in [0.717, 1.165) is 14.4 Å². The predicted octanol–water partition coefficient (Wildman–Crippen LogP) is 4.69. The van der Waals surface area contributed by atoms with Gasteiger partial charge in [-0.05, 0) is 36.9 Å². The second-order valence-electron chi connectivity index (χ2n) is 4.48. The lowest BCUT2D eigenvalue weighted by Crippen LogP contribution is -1.88. The Labute approximate surface area is 145 Å². The van der Waals surface area contributed by atoms with Crippen LogP contribution < -0.4 is 0 Å². The van der Waals surface area contributed by atoms with Crippen molar-refractivity contribution in [3.05, 3.63) is 36.0 Å². The fourth-order valence-corrected chi connectivity index (χ4v) is 4.83. The quantitative estimate of drug-likeness (QED) is 0.585. The van der Waals surface area contributed by atoms with Gasteiger partial charge < -0.3 is 4.42 Å². The molecule has 5 nitrogen and oxygen atoms in total. The summed E-state index contributed by atoms with van der Waals surface area (Å²) in [4.78, 5) is 0. The highest BCUT2D eigenvalue weighted by Crippen LogP contribution is 2.38. The highest BCUT2D eigenvalue weighted by atomic mass is 32.2. The van der Waals surface area contributed by atoms with Crippen LogP contribution in [0.25, 0.3) is 11.5 Å². The van der Waals surface area contributed by atoms with Gasteiger partial charge >= 0.3 is 0 Å². The molecule has 0 aliphatic carbocycles. The van der Waals surface area contributed by atoms with Crippen LogP contribution >= 0.6 is 34.9 Å². The van der Waals surface area contributed by atoms with E-state index in [1.54, 1.807) is 35.2 Å². The molecule has 0 amide bonds. The van der Waals surface area contributed by atoms with E-state index in [1.807, 2.05) is 6.92 Å². The molecule has 0 N–H and O–H groups in total. The van der Waals surface area contributed by atoms with E-state index in [-0.39, 0.29) is 11.1 Å². The first-order valence-electron chi connectivity index (χ1n) is 6.88. The summed E-state index contributed by atoms with van der Waals surface area (Å²) in [5.41, 5.74) is 0.694. The average Bonchev–Trinajstić information content (AvgIpc) is 3.18. The maximum Gasteiger partial charge on any atom is 0.247 e. The van der Waals surface area contributed by atoms with Crippen molar-refractivity contribution in [2.45, 2.75) is 27.8 Å². The predicted molar refractivity (Wildman–Crippen MR) is 90.3 cm³/mol. The number of rotatable bonds is 6. The summed E-state index contributed by atoms with van der Waals surface area (Å²) < 4.78 is 20.5. The van der Waals surface area contributed by atoms with Crippen LogP contribution in [0.4, 0.5) is 4.39 Å². The van der Waals surface area contributed by atoms with Crippen molar-refractivity contribution in [1.82, 2.24) is 20.4 Å². The summed E-state index contributed by atoms with van der Waals surface area (Å²) in [6, 6.07) is 5.96. The molecule has 3 aromatic rings. The van der Waals surface area contributed by atoms with Gasteiger partial charge in [-0.15, -0.1) is 20.4 Å². The highest BCUT2D eigenvalue weighted by Gasteiger charge is 2.18. The fourth-order valence-electron chi connectivity index (χ4n) is 1.74. The van der Waals surface area contributed by atoms with Crippen LogP contribution in [0, 0.1) is 5.82 Å². The Hall–Kier alpha value is -1.45. The number of nitrogens with zero attached hydrogens (tertiary/aromatic N) is 4. The lowest BCUT2D eigenvalue weighted by molar-refractivity contribution is 0.509. The third-order valence-electron chi connectivity index (χ3n) is 2.81. The van der Waals surface area contributed by atoms with Crippen LogP contribution in [0.1, 0.15) is 25.0 Å². The molecule has 9 heteroatoms. The van der Waals surface area contributed by atoms with Gasteiger partial charge in [-0.25, -0.2) is 4.39 Å². The van der Waals surface area contributed by atoms with Gasteiger partial charge in [0, 0.05) is 5.56 Å². The minimum Gasteiger partial charge on any atom is -0.419 e. The molecule has 0 saturated carbocycles. The lowest BCUT2D eigenvalue weighted by atomic mass is 10.2. The zero-order valence-corrected chi connectivity index (χ0v) is 14.8. The van der Waals surface area contributed by atoms with E-state index >= 15 is 0 Å². The average molecular weight is 368 g/mol. The Bertz CT molecular complexity index is 774. The maximum absolute atomic E-state index is 13.0. The number of hydrogen-bond acceptors (Lipinski definition) is 8. The third kappa shape index (κ3) is 4.10. The maximum atomic E-state index is 13.0. The minimum atomic E-state index is -0.297. The van der Waals surface area contributed by atoms with Crippen LogP contribution in [0.3, 0.4) is 0 Å². The van der Waals surface area contributed by atoms with Crippen molar-refractivity contribution in [3.8, 4) is 11.5 Å². The molecule has 0 spiro atoms. The molecule has 0 fully saturated rings. The number of benzene rings is 1. The monoisotopic (exact) mass is 368 g/mol. The standard InChI is InChI=1S/C14H13FN4OS3/c1-3-21-13-18-19-14(23-13)22-8(2)11-16-17-12(20-11)9-4-6-10(15)7-5-9/h4-8H,3H2,1-2H3/t8-/m1/s1. The van der Waals surface area contributed by atoms with Crippen molar-refractivity contribution < 1.29 is 8.81 Å². The van der Waals surface area contributed by atoms with Gasteiger partial charge in [0.1, 0.15) is 5.82 Å². The Morgan fingerprint density at radius 1 is 1.13 bits per heavy atom. The van der Waals surface area contributed by atoms with Crippen LogP contribution in [-0.2, 0) is 0 Å². The van der Waals surface area contributed by atoms with Gasteiger partial charge in [-0.2, -0.15) is 0 Å². The first-order chi connectivity index (χ1) is 11.2. The van der Waals surface area contributed by atoms with Crippen LogP contribution in [-0.4, -0.2) is 26.1 Å². The van der Waals surface area contributed by atoms with E-state index in [9.17, 15) is 4.39 Å². The normalized spacial score (nSPS) is 12.5. The molecule has 2 aromatic heterocycles. The smallest absolute Gasteiger partial charge is 0.247 e. The molecular formula is C14H13FN4OS3. The van der Waals surface area contributed by atoms with Crippen molar-refractivity contribution in [3.63, 3.8) is 0 Å². The number of halogens is 1. The van der Waals surface area contributed by atoms with E-state index in [4.69, 9.17) is 4.42 Å². The minimum absolute atomic E-state index is 0.0378. The number of aromatic nitrogens is 4. The van der Waals surface area contributed by atoms with Crippen molar-refractivity contribution >= 4 is 34.9 Å². The molecule has 3 rings (SSSR count). The van der Waals surface area contributed by atoms with Crippen LogP contribution in [0.15, 0.2) is 37.4 Å². The fraction of sp³-hybridized carbons (Fsp3) is 0.286. The Kier molecular flexibility index (Phi) is 5.29. The van der Waals surface area contributed by atoms with Gasteiger partial charge in [0.2, 0.25) is 11.8 Å². The van der Waals surface area contributed by atoms with Crippen LogP contribution in [0.2, 0.25) is 0 Å². The Balaban J connectivity index is 1.70. The third-order valence-corrected chi connectivity index (χ3v) is 5.92. The Morgan fingerprint density at radius 3 is 2.61 bits per heavy atom. The molecule has 0 unspecified atom stereocenters. The van der Waals surface area contributed by atoms with Gasteiger partial charge in [0.25, 0.3) is 0 Å². The van der Waals surface area contributed by atoms with Gasteiger partial charge in [-0.3, -0.25) is 0 Å². The van der Waals surface area contributed by atoms with E-state index < -0.39 is 0 Å². The summed E-state index contributed by atoms with van der Waals surface area (Å²) in [6.07, 6.45) is 0. The topological polar surface area (TPSA) is 64.7 Å². The van der Waals surface area contributed by atoms with Gasteiger partial charge in [0.05, 0.1) is 5.25 Å². The van der Waals surface area contributed by atoms with Gasteiger partial charge in [0.15, 0.2) is 8.68 Å². The summed E-state index contributed by atoms with van der Waals surface area (Å²) in [6.45, 7) is 4.05. The molecule has 0 saturated heterocycles. The SMILES string of the molecule is CCSc1nnc(S[C@H](C)c2nnc(-c3ccc(F)cc3)o2)s1. The highest BCUT2D eigenvalue weighted by molar-refractivity contribution is 8.03. The van der Waals surface area contributed by atoms with Crippen LogP contribution in [0.5, 0.6) is 0 Å². The zero-order chi connectivity index (χ0) is 16.2. The summed E-state index contributed by atoms with van der Waals surface area (Å²) in [5.74, 6) is 1.56. The molecule has 1 atom stereocenters. The molecule has 0 aliphatic heterocycles. The molecule has 23 heavy (non-hydrogen) atoms. The number of hydrogen-bond donors (Lipinski definition) is 0. The van der Waals surface area contributed by atoms with E-state index in [0.29, 0.717) is 17.3 Å². The lowest BCUT2D eigenvalue weighted by Gasteiger charge is -2.02. The van der Waals surface area contributed by atoms with Crippen molar-refractivity contribution in [1.29, 1.82) is 0 Å². The molecule has 120 valence electrons. The molecular weight excluding hydrogens is 355 g/mol. The van der Waals surface area contributed by atoms with Crippen molar-refractivity contribution in [2.75, 3.05) is 5.75 Å².